The Hall–Kier alpha value is -2.03. The quantitative estimate of drug-likeness (QED) is 0.0334. The molecule has 10 heteroatoms. The molecule has 3 N–H and O–H groups in total. The lowest BCUT2D eigenvalue weighted by Crippen LogP contribution is -2.25. The van der Waals surface area contributed by atoms with Crippen LogP contribution in [0.15, 0.2) is 48.6 Å². The van der Waals surface area contributed by atoms with E-state index in [2.05, 4.69) is 69.9 Å². The number of hydrogen-bond acceptors (Lipinski definition) is 7. The number of hydrogen-bond donors (Lipinski definition) is 3. The summed E-state index contributed by atoms with van der Waals surface area (Å²) in [7, 11) is -4.37. The normalized spacial score (nSPS) is 14.2. The van der Waals surface area contributed by atoms with Crippen molar-refractivity contribution in [3.8, 4) is 0 Å². The summed E-state index contributed by atoms with van der Waals surface area (Å²) < 4.78 is 26.0. The average Bonchev–Trinajstić information content (AvgIpc) is 2.97. The van der Waals surface area contributed by atoms with Crippen molar-refractivity contribution in [1.82, 2.24) is 5.32 Å². The molecule has 248 valence electrons. The van der Waals surface area contributed by atoms with Crippen LogP contribution in [0, 0.1) is 0 Å². The number of rotatable bonds is 29. The van der Waals surface area contributed by atoms with Gasteiger partial charge in [-0.1, -0.05) is 100 Å². The summed E-state index contributed by atoms with van der Waals surface area (Å²) in [5.74, 6) is -0.712. The lowest BCUT2D eigenvalue weighted by Gasteiger charge is -2.15. The standard InChI is InChI=1S/C33H58NO8P/c1-3-4-5-6-7-8-9-10-11-12-13-14-15-16-17-18-19-20-21-22-23-24-25-26-33(37)40-29-32(36)30-42-43(38,39)41-28-27-34-31(2)35/h7-8,10-11,13-14,16-17,32,36H,3-6,9,12,15,18-30H2,1-2H3,(H,34,35)(H,38,39)/b8-7-,11-10-,14-13-,17-16-. The second-order valence-corrected chi connectivity index (χ2v) is 12.0. The molecule has 0 aliphatic heterocycles. The molecule has 2 atom stereocenters. The smallest absolute Gasteiger partial charge is 0.463 e. The Morgan fingerprint density at radius 1 is 0.744 bits per heavy atom. The minimum absolute atomic E-state index is 0.0518. The van der Waals surface area contributed by atoms with E-state index in [1.54, 1.807) is 0 Å². The third kappa shape index (κ3) is 32.7. The summed E-state index contributed by atoms with van der Waals surface area (Å²) in [5.41, 5.74) is 0. The Bertz CT molecular complexity index is 856. The molecule has 0 saturated heterocycles. The molecule has 0 aromatic rings. The zero-order valence-corrected chi connectivity index (χ0v) is 27.5. The van der Waals surface area contributed by atoms with Gasteiger partial charge in [-0.05, 0) is 51.4 Å². The Morgan fingerprint density at radius 2 is 1.26 bits per heavy atom. The number of carbonyl (C=O) groups is 2. The Balaban J connectivity index is 3.56. The highest BCUT2D eigenvalue weighted by Gasteiger charge is 2.23. The van der Waals surface area contributed by atoms with Crippen molar-refractivity contribution >= 4 is 19.7 Å². The van der Waals surface area contributed by atoms with Gasteiger partial charge in [0.1, 0.15) is 12.7 Å². The SMILES string of the molecule is CCCCC/C=C\C/C=C\C/C=C\C/C=C\CCCCCCCCCC(=O)OCC(O)COP(=O)(O)OCCNC(C)=O. The van der Waals surface area contributed by atoms with Crippen molar-refractivity contribution in [2.75, 3.05) is 26.4 Å². The van der Waals surface area contributed by atoms with Gasteiger partial charge >= 0.3 is 13.8 Å². The summed E-state index contributed by atoms with van der Waals surface area (Å²) >= 11 is 0. The predicted molar refractivity (Wildman–Crippen MR) is 173 cm³/mol. The monoisotopic (exact) mass is 627 g/mol. The first kappa shape index (κ1) is 41.0. The molecule has 0 radical (unpaired) electrons. The van der Waals surface area contributed by atoms with Crippen LogP contribution in [0.4, 0.5) is 0 Å². The van der Waals surface area contributed by atoms with E-state index < -0.39 is 26.5 Å². The second kappa shape index (κ2) is 30.0. The minimum atomic E-state index is -4.37. The molecule has 0 rings (SSSR count). The summed E-state index contributed by atoms with van der Waals surface area (Å²) in [6.07, 6.45) is 33.7. The van der Waals surface area contributed by atoms with Crippen molar-refractivity contribution in [3.63, 3.8) is 0 Å². The van der Waals surface area contributed by atoms with E-state index in [0.717, 1.165) is 51.4 Å². The van der Waals surface area contributed by atoms with E-state index >= 15 is 0 Å². The minimum Gasteiger partial charge on any atom is -0.463 e. The summed E-state index contributed by atoms with van der Waals surface area (Å²) in [4.78, 5) is 32.1. The number of phosphoric ester groups is 1. The third-order valence-corrected chi connectivity index (χ3v) is 7.29. The van der Waals surface area contributed by atoms with E-state index in [0.29, 0.717) is 0 Å². The van der Waals surface area contributed by atoms with E-state index in [1.807, 2.05) is 0 Å². The van der Waals surface area contributed by atoms with Crippen LogP contribution in [-0.2, 0) is 27.9 Å². The number of aliphatic hydroxyl groups excluding tert-OH is 1. The number of aliphatic hydroxyl groups is 1. The van der Waals surface area contributed by atoms with Gasteiger partial charge in [0.25, 0.3) is 0 Å². The van der Waals surface area contributed by atoms with Gasteiger partial charge in [0, 0.05) is 19.9 Å². The molecular weight excluding hydrogens is 569 g/mol. The number of nitrogens with one attached hydrogen (secondary N) is 1. The first-order valence-corrected chi connectivity index (χ1v) is 17.6. The van der Waals surface area contributed by atoms with Crippen LogP contribution >= 0.6 is 7.82 Å². The lowest BCUT2D eigenvalue weighted by atomic mass is 10.1. The maximum Gasteiger partial charge on any atom is 0.472 e. The number of unbranched alkanes of at least 4 members (excludes halogenated alkanes) is 10. The van der Waals surface area contributed by atoms with Gasteiger partial charge < -0.3 is 20.1 Å². The zero-order valence-electron chi connectivity index (χ0n) is 26.6. The highest BCUT2D eigenvalue weighted by atomic mass is 31.2. The lowest BCUT2D eigenvalue weighted by molar-refractivity contribution is -0.147. The van der Waals surface area contributed by atoms with E-state index in [-0.39, 0.29) is 32.1 Å². The fraction of sp³-hybridized carbons (Fsp3) is 0.697. The molecule has 0 saturated carbocycles. The van der Waals surface area contributed by atoms with Crippen molar-refractivity contribution < 1.29 is 37.9 Å². The molecule has 0 bridgehead atoms. The van der Waals surface area contributed by atoms with Gasteiger partial charge in [0.2, 0.25) is 5.91 Å². The molecule has 0 heterocycles. The molecule has 0 fully saturated rings. The molecule has 0 aliphatic rings. The molecule has 0 aromatic heterocycles. The van der Waals surface area contributed by atoms with Crippen molar-refractivity contribution in [2.24, 2.45) is 0 Å². The highest BCUT2D eigenvalue weighted by Crippen LogP contribution is 2.42. The fourth-order valence-electron chi connectivity index (χ4n) is 3.89. The maximum atomic E-state index is 11.8. The molecular formula is C33H58NO8P. The van der Waals surface area contributed by atoms with Crippen LogP contribution in [0.1, 0.15) is 117 Å². The summed E-state index contributed by atoms with van der Waals surface area (Å²) in [6.45, 7) is 2.52. The summed E-state index contributed by atoms with van der Waals surface area (Å²) in [5, 5.41) is 12.2. The molecule has 0 aliphatic carbocycles. The third-order valence-electron chi connectivity index (χ3n) is 6.31. The van der Waals surface area contributed by atoms with Crippen LogP contribution in [0.3, 0.4) is 0 Å². The number of carbonyl (C=O) groups excluding carboxylic acids is 2. The van der Waals surface area contributed by atoms with E-state index in [9.17, 15) is 24.2 Å². The van der Waals surface area contributed by atoms with Gasteiger partial charge in [-0.25, -0.2) is 4.57 Å². The molecule has 0 aromatic carbocycles. The number of amides is 1. The number of phosphoric acid groups is 1. The maximum absolute atomic E-state index is 11.8. The molecule has 0 spiro atoms. The zero-order chi connectivity index (χ0) is 31.9. The molecule has 43 heavy (non-hydrogen) atoms. The van der Waals surface area contributed by atoms with Crippen molar-refractivity contribution in [1.29, 1.82) is 0 Å². The van der Waals surface area contributed by atoms with Gasteiger partial charge in [-0.15, -0.1) is 0 Å². The number of allylic oxidation sites excluding steroid dienone is 8. The first-order chi connectivity index (χ1) is 20.8. The topological polar surface area (TPSA) is 131 Å². The Morgan fingerprint density at radius 3 is 1.81 bits per heavy atom. The van der Waals surface area contributed by atoms with E-state index in [1.165, 1.54) is 51.9 Å². The number of ether oxygens (including phenoxy) is 1. The number of esters is 1. The Kier molecular flexibility index (Phi) is 28.6. The van der Waals surface area contributed by atoms with Crippen LogP contribution in [-0.4, -0.2) is 54.3 Å². The second-order valence-electron chi connectivity index (χ2n) is 10.5. The summed E-state index contributed by atoms with van der Waals surface area (Å²) in [6, 6.07) is 0. The largest absolute Gasteiger partial charge is 0.472 e. The van der Waals surface area contributed by atoms with E-state index in [4.69, 9.17) is 4.74 Å². The van der Waals surface area contributed by atoms with Gasteiger partial charge in [-0.2, -0.15) is 0 Å². The van der Waals surface area contributed by atoms with Gasteiger partial charge in [-0.3, -0.25) is 18.6 Å². The average molecular weight is 628 g/mol. The van der Waals surface area contributed by atoms with Crippen molar-refractivity contribution in [3.05, 3.63) is 48.6 Å². The Labute approximate surface area is 260 Å². The predicted octanol–water partition coefficient (Wildman–Crippen LogP) is 7.65. The van der Waals surface area contributed by atoms with Gasteiger partial charge in [0.15, 0.2) is 0 Å². The molecule has 9 nitrogen and oxygen atoms in total. The highest BCUT2D eigenvalue weighted by molar-refractivity contribution is 7.47. The van der Waals surface area contributed by atoms with Crippen LogP contribution in [0.2, 0.25) is 0 Å². The van der Waals surface area contributed by atoms with Crippen LogP contribution in [0.25, 0.3) is 0 Å². The van der Waals surface area contributed by atoms with Crippen LogP contribution < -0.4 is 5.32 Å². The van der Waals surface area contributed by atoms with Crippen LogP contribution in [0.5, 0.6) is 0 Å². The first-order valence-electron chi connectivity index (χ1n) is 16.1. The fourth-order valence-corrected chi connectivity index (χ4v) is 4.65. The van der Waals surface area contributed by atoms with Gasteiger partial charge in [0.05, 0.1) is 13.2 Å². The molecule has 1 amide bonds. The van der Waals surface area contributed by atoms with Crippen molar-refractivity contribution in [2.45, 2.75) is 123 Å². The molecule has 2 unspecified atom stereocenters.